The van der Waals surface area contributed by atoms with E-state index in [1.807, 2.05) is 6.92 Å². The molecule has 0 radical (unpaired) electrons. The second-order valence-electron chi connectivity index (χ2n) is 2.80. The highest BCUT2D eigenvalue weighted by Gasteiger charge is 2.06. The van der Waals surface area contributed by atoms with E-state index >= 15 is 0 Å². The quantitative estimate of drug-likeness (QED) is 0.666. The van der Waals surface area contributed by atoms with Crippen molar-refractivity contribution in [2.24, 2.45) is 0 Å². The number of carbonyl (C=O) groups is 1. The van der Waals surface area contributed by atoms with E-state index in [1.165, 1.54) is 0 Å². The minimum Gasteiger partial charge on any atom is -0.316 e. The molecule has 0 bridgehead atoms. The van der Waals surface area contributed by atoms with E-state index < -0.39 is 0 Å². The maximum atomic E-state index is 11.2. The summed E-state index contributed by atoms with van der Waals surface area (Å²) in [6.45, 7) is 5.18. The van der Waals surface area contributed by atoms with E-state index in [0.717, 1.165) is 6.54 Å². The lowest BCUT2D eigenvalue weighted by atomic mass is 10.4. The highest BCUT2D eigenvalue weighted by atomic mass is 16.5. The molecule has 0 aliphatic rings. The Morgan fingerprint density at radius 3 is 2.93 bits per heavy atom. The van der Waals surface area contributed by atoms with E-state index in [1.54, 1.807) is 6.92 Å². The minimum atomic E-state index is -0.130. The Kier molecular flexibility index (Phi) is 4.06. The maximum absolute atomic E-state index is 11.2. The monoisotopic (exact) mass is 198 g/mol. The Morgan fingerprint density at radius 2 is 2.36 bits per heavy atom. The van der Waals surface area contributed by atoms with Gasteiger partial charge in [0.15, 0.2) is 5.82 Å². The van der Waals surface area contributed by atoms with Crippen LogP contribution in [0.25, 0.3) is 0 Å². The van der Waals surface area contributed by atoms with Crippen molar-refractivity contribution in [3.05, 3.63) is 5.82 Å². The van der Waals surface area contributed by atoms with Crippen molar-refractivity contribution in [1.29, 1.82) is 0 Å². The van der Waals surface area contributed by atoms with Crippen LogP contribution in [0.5, 0.6) is 0 Å². The lowest BCUT2D eigenvalue weighted by molar-refractivity contribution is -0.116. The van der Waals surface area contributed by atoms with Gasteiger partial charge >= 0.3 is 6.01 Å². The van der Waals surface area contributed by atoms with Gasteiger partial charge in [-0.2, -0.15) is 4.98 Å². The molecule has 6 nitrogen and oxygen atoms in total. The maximum Gasteiger partial charge on any atom is 0.328 e. The molecule has 0 saturated carbocycles. The first-order valence-electron chi connectivity index (χ1n) is 4.53. The van der Waals surface area contributed by atoms with Gasteiger partial charge in [0, 0.05) is 13.0 Å². The smallest absolute Gasteiger partial charge is 0.316 e. The molecule has 0 spiro atoms. The van der Waals surface area contributed by atoms with Crippen molar-refractivity contribution in [2.45, 2.75) is 20.3 Å². The molecule has 1 aromatic heterocycles. The van der Waals surface area contributed by atoms with Crippen molar-refractivity contribution >= 4 is 11.9 Å². The van der Waals surface area contributed by atoms with Gasteiger partial charge in [-0.25, -0.2) is 0 Å². The molecule has 1 rings (SSSR count). The number of rotatable bonds is 5. The number of anilines is 1. The van der Waals surface area contributed by atoms with Gasteiger partial charge in [-0.1, -0.05) is 12.1 Å². The van der Waals surface area contributed by atoms with Crippen LogP contribution < -0.4 is 10.6 Å². The Hall–Kier alpha value is -1.43. The molecule has 78 valence electrons. The number of hydrogen-bond acceptors (Lipinski definition) is 5. The van der Waals surface area contributed by atoms with Gasteiger partial charge in [0.05, 0.1) is 0 Å². The van der Waals surface area contributed by atoms with Crippen LogP contribution >= 0.6 is 0 Å². The number of hydrogen-bond donors (Lipinski definition) is 2. The van der Waals surface area contributed by atoms with Crippen molar-refractivity contribution in [3.63, 3.8) is 0 Å². The fourth-order valence-corrected chi connectivity index (χ4v) is 0.908. The zero-order valence-electron chi connectivity index (χ0n) is 8.33. The van der Waals surface area contributed by atoms with Crippen LogP contribution in [-0.2, 0) is 4.79 Å². The van der Waals surface area contributed by atoms with Crippen LogP contribution in [0, 0.1) is 6.92 Å². The summed E-state index contributed by atoms with van der Waals surface area (Å²) < 4.78 is 4.73. The first-order valence-corrected chi connectivity index (χ1v) is 4.53. The number of nitrogens with zero attached hydrogens (tertiary/aromatic N) is 2. The number of aryl methyl sites for hydroxylation is 1. The summed E-state index contributed by atoms with van der Waals surface area (Å²) >= 11 is 0. The summed E-state index contributed by atoms with van der Waals surface area (Å²) in [6.07, 6.45) is 0.398. The fraction of sp³-hybridized carbons (Fsp3) is 0.625. The topological polar surface area (TPSA) is 80.0 Å². The first kappa shape index (κ1) is 10.6. The van der Waals surface area contributed by atoms with Gasteiger partial charge in [0.1, 0.15) is 0 Å². The van der Waals surface area contributed by atoms with E-state index in [2.05, 4.69) is 20.8 Å². The van der Waals surface area contributed by atoms with Crippen LogP contribution in [0.3, 0.4) is 0 Å². The predicted molar refractivity (Wildman–Crippen MR) is 50.8 cm³/mol. The lowest BCUT2D eigenvalue weighted by Crippen LogP contribution is -2.21. The third kappa shape index (κ3) is 3.53. The third-order valence-corrected chi connectivity index (χ3v) is 1.55. The molecule has 0 atom stereocenters. The Morgan fingerprint density at radius 1 is 1.57 bits per heavy atom. The van der Waals surface area contributed by atoms with Crippen molar-refractivity contribution in [2.75, 3.05) is 18.4 Å². The van der Waals surface area contributed by atoms with E-state index in [4.69, 9.17) is 4.52 Å². The van der Waals surface area contributed by atoms with Crippen LogP contribution in [0.1, 0.15) is 19.2 Å². The molecule has 0 fully saturated rings. The van der Waals surface area contributed by atoms with Crippen LogP contribution in [0.4, 0.5) is 6.01 Å². The summed E-state index contributed by atoms with van der Waals surface area (Å²) in [6, 6.07) is 0.156. The molecule has 14 heavy (non-hydrogen) atoms. The van der Waals surface area contributed by atoms with Gasteiger partial charge in [-0.05, 0) is 13.5 Å². The molecule has 1 amide bonds. The lowest BCUT2D eigenvalue weighted by Gasteiger charge is -2.00. The number of carbonyl (C=O) groups excluding carboxylic acids is 1. The normalized spacial score (nSPS) is 10.1. The van der Waals surface area contributed by atoms with Crippen LogP contribution in [-0.4, -0.2) is 29.1 Å². The minimum absolute atomic E-state index is 0.130. The van der Waals surface area contributed by atoms with Crippen LogP contribution in [0.15, 0.2) is 4.52 Å². The SMILES string of the molecule is CCNCCC(=O)Nc1nc(C)no1. The van der Waals surface area contributed by atoms with Gasteiger partial charge < -0.3 is 9.84 Å². The van der Waals surface area contributed by atoms with E-state index in [-0.39, 0.29) is 11.9 Å². The largest absolute Gasteiger partial charge is 0.328 e. The molecule has 0 unspecified atom stereocenters. The van der Waals surface area contributed by atoms with Gasteiger partial charge in [0.25, 0.3) is 0 Å². The van der Waals surface area contributed by atoms with Gasteiger partial charge in [-0.3, -0.25) is 10.1 Å². The highest BCUT2D eigenvalue weighted by molar-refractivity contribution is 5.88. The molecule has 0 aliphatic heterocycles. The number of aromatic nitrogens is 2. The summed E-state index contributed by atoms with van der Waals surface area (Å²) in [5, 5.41) is 9.09. The van der Waals surface area contributed by atoms with Crippen LogP contribution in [0.2, 0.25) is 0 Å². The van der Waals surface area contributed by atoms with Gasteiger partial charge in [0.2, 0.25) is 5.91 Å². The number of nitrogens with one attached hydrogen (secondary N) is 2. The summed E-state index contributed by atoms with van der Waals surface area (Å²) in [7, 11) is 0. The summed E-state index contributed by atoms with van der Waals surface area (Å²) in [4.78, 5) is 15.1. The van der Waals surface area contributed by atoms with Crippen molar-refractivity contribution in [3.8, 4) is 0 Å². The molecular weight excluding hydrogens is 184 g/mol. The average Bonchev–Trinajstić information content (AvgIpc) is 2.52. The standard InChI is InChI=1S/C8H14N4O2/c1-3-9-5-4-7(13)11-8-10-6(2)12-14-8/h9H,3-5H2,1-2H3,(H,10,11,12,13). The van der Waals surface area contributed by atoms with Crippen molar-refractivity contribution < 1.29 is 9.32 Å². The predicted octanol–water partition coefficient (Wildman–Crippen LogP) is 0.316. The van der Waals surface area contributed by atoms with E-state index in [0.29, 0.717) is 18.8 Å². The molecule has 0 aromatic carbocycles. The Bertz CT molecular complexity index is 297. The molecule has 6 heteroatoms. The highest BCUT2D eigenvalue weighted by Crippen LogP contribution is 2.01. The van der Waals surface area contributed by atoms with Gasteiger partial charge in [-0.15, -0.1) is 0 Å². The average molecular weight is 198 g/mol. The number of amides is 1. The zero-order chi connectivity index (χ0) is 10.4. The third-order valence-electron chi connectivity index (χ3n) is 1.55. The molecule has 0 saturated heterocycles. The zero-order valence-corrected chi connectivity index (χ0v) is 8.33. The van der Waals surface area contributed by atoms with E-state index in [9.17, 15) is 4.79 Å². The fourth-order valence-electron chi connectivity index (χ4n) is 0.908. The second kappa shape index (κ2) is 5.33. The van der Waals surface area contributed by atoms with Crippen molar-refractivity contribution in [1.82, 2.24) is 15.5 Å². The Balaban J connectivity index is 2.27. The molecule has 1 heterocycles. The second-order valence-corrected chi connectivity index (χ2v) is 2.80. The Labute approximate surface area is 82.1 Å². The first-order chi connectivity index (χ1) is 6.72. The summed E-state index contributed by atoms with van der Waals surface area (Å²) in [5.74, 6) is 0.376. The molecule has 2 N–H and O–H groups in total. The molecule has 1 aromatic rings. The summed E-state index contributed by atoms with van der Waals surface area (Å²) in [5.41, 5.74) is 0. The molecule has 0 aliphatic carbocycles. The molecular formula is C8H14N4O2.